The molecule has 0 radical (unpaired) electrons. The molecular weight excluding hydrogens is 218 g/mol. The van der Waals surface area contributed by atoms with Gasteiger partial charge in [-0.3, -0.25) is 9.59 Å². The number of hydrogen-bond acceptors (Lipinski definition) is 3. The highest BCUT2D eigenvalue weighted by Crippen LogP contribution is 2.17. The first-order valence-corrected chi connectivity index (χ1v) is 6.13. The summed E-state index contributed by atoms with van der Waals surface area (Å²) in [5.74, 6) is -0.276. The monoisotopic (exact) mass is 241 g/mol. The van der Waals surface area contributed by atoms with Crippen molar-refractivity contribution in [3.8, 4) is 0 Å². The third-order valence-corrected chi connectivity index (χ3v) is 3.09. The minimum Gasteiger partial charge on any atom is -0.346 e. The van der Waals surface area contributed by atoms with E-state index in [-0.39, 0.29) is 23.8 Å². The van der Waals surface area contributed by atoms with E-state index in [0.717, 1.165) is 25.9 Å². The number of rotatable bonds is 3. The Kier molecular flexibility index (Phi) is 4.51. The number of amides is 2. The Hall–Kier alpha value is -1.10. The van der Waals surface area contributed by atoms with Crippen molar-refractivity contribution >= 4 is 11.8 Å². The zero-order valence-electron chi connectivity index (χ0n) is 11.0. The highest BCUT2D eigenvalue weighted by atomic mass is 16.2. The lowest BCUT2D eigenvalue weighted by molar-refractivity contribution is -0.133. The van der Waals surface area contributed by atoms with Gasteiger partial charge in [0.1, 0.15) is 0 Å². The van der Waals surface area contributed by atoms with Crippen molar-refractivity contribution in [1.82, 2.24) is 10.2 Å². The molecule has 1 fully saturated rings. The lowest BCUT2D eigenvalue weighted by Gasteiger charge is -2.26. The number of carbonyl (C=O) groups excluding carboxylic acids is 2. The lowest BCUT2D eigenvalue weighted by Crippen LogP contribution is -2.50. The average Bonchev–Trinajstić information content (AvgIpc) is 2.76. The molecule has 3 N–H and O–H groups in total. The van der Waals surface area contributed by atoms with Gasteiger partial charge in [0.15, 0.2) is 0 Å². The van der Waals surface area contributed by atoms with Gasteiger partial charge in [-0.05, 0) is 18.3 Å². The molecule has 0 aromatic heterocycles. The van der Waals surface area contributed by atoms with E-state index in [0.29, 0.717) is 0 Å². The Balaban J connectivity index is 2.35. The minimum atomic E-state index is -0.589. The van der Waals surface area contributed by atoms with Gasteiger partial charge in [-0.15, -0.1) is 0 Å². The molecule has 0 saturated carbocycles. The minimum absolute atomic E-state index is 0.0167. The van der Waals surface area contributed by atoms with E-state index in [1.807, 2.05) is 20.8 Å². The molecule has 17 heavy (non-hydrogen) atoms. The predicted molar refractivity (Wildman–Crippen MR) is 66.3 cm³/mol. The smallest absolute Gasteiger partial charge is 0.241 e. The Morgan fingerprint density at radius 2 is 1.82 bits per heavy atom. The zero-order chi connectivity index (χ0) is 13.1. The van der Waals surface area contributed by atoms with Gasteiger partial charge in [0.05, 0.1) is 12.6 Å². The van der Waals surface area contributed by atoms with Crippen LogP contribution in [0.4, 0.5) is 0 Å². The van der Waals surface area contributed by atoms with Crippen LogP contribution in [0, 0.1) is 5.41 Å². The Morgan fingerprint density at radius 1 is 1.29 bits per heavy atom. The quantitative estimate of drug-likeness (QED) is 0.735. The van der Waals surface area contributed by atoms with Crippen LogP contribution in [-0.4, -0.2) is 42.4 Å². The molecule has 0 aromatic rings. The molecule has 1 unspecified atom stereocenters. The SMILES string of the molecule is CC(C)(C)C(N)C(=O)NCC(=O)N1CCCC1. The first kappa shape index (κ1) is 14.0. The summed E-state index contributed by atoms with van der Waals surface area (Å²) in [5, 5.41) is 2.61. The van der Waals surface area contributed by atoms with E-state index >= 15 is 0 Å². The fraction of sp³-hybridized carbons (Fsp3) is 0.833. The molecule has 1 atom stereocenters. The number of hydrogen-bond donors (Lipinski definition) is 2. The van der Waals surface area contributed by atoms with Crippen molar-refractivity contribution in [2.24, 2.45) is 11.1 Å². The molecule has 98 valence electrons. The van der Waals surface area contributed by atoms with Crippen LogP contribution in [0.1, 0.15) is 33.6 Å². The summed E-state index contributed by atoms with van der Waals surface area (Å²) in [6.07, 6.45) is 2.11. The molecule has 0 aliphatic carbocycles. The molecule has 5 heteroatoms. The molecule has 0 spiro atoms. The van der Waals surface area contributed by atoms with Crippen LogP contribution >= 0.6 is 0 Å². The number of nitrogens with two attached hydrogens (primary N) is 1. The zero-order valence-corrected chi connectivity index (χ0v) is 11.0. The van der Waals surface area contributed by atoms with Crippen LogP contribution in [0.25, 0.3) is 0 Å². The van der Waals surface area contributed by atoms with E-state index in [4.69, 9.17) is 5.73 Å². The molecule has 1 saturated heterocycles. The molecular formula is C12H23N3O2. The fourth-order valence-electron chi connectivity index (χ4n) is 1.74. The largest absolute Gasteiger partial charge is 0.346 e. The van der Waals surface area contributed by atoms with Gasteiger partial charge < -0.3 is 16.0 Å². The van der Waals surface area contributed by atoms with Gasteiger partial charge in [0, 0.05) is 13.1 Å². The number of likely N-dealkylation sites (tertiary alicyclic amines) is 1. The van der Waals surface area contributed by atoms with Gasteiger partial charge in [-0.25, -0.2) is 0 Å². The van der Waals surface area contributed by atoms with Crippen molar-refractivity contribution in [2.45, 2.75) is 39.7 Å². The van der Waals surface area contributed by atoms with E-state index in [2.05, 4.69) is 5.32 Å². The predicted octanol–water partition coefficient (Wildman–Crippen LogP) is 0.0984. The standard InChI is InChI=1S/C12H23N3O2/c1-12(2,3)10(13)11(17)14-8-9(16)15-6-4-5-7-15/h10H,4-8,13H2,1-3H3,(H,14,17). The van der Waals surface area contributed by atoms with Crippen LogP contribution in [0.5, 0.6) is 0 Å². The third kappa shape index (κ3) is 4.00. The summed E-state index contributed by atoms with van der Waals surface area (Å²) in [6, 6.07) is -0.589. The van der Waals surface area contributed by atoms with Crippen LogP contribution in [-0.2, 0) is 9.59 Å². The first-order chi connectivity index (χ1) is 7.82. The summed E-state index contributed by atoms with van der Waals surface area (Å²) in [4.78, 5) is 25.2. The maximum Gasteiger partial charge on any atom is 0.241 e. The van der Waals surface area contributed by atoms with Gasteiger partial charge in [-0.1, -0.05) is 20.8 Å². The van der Waals surface area contributed by atoms with Gasteiger partial charge >= 0.3 is 0 Å². The van der Waals surface area contributed by atoms with Crippen LogP contribution < -0.4 is 11.1 Å². The van der Waals surface area contributed by atoms with E-state index in [9.17, 15) is 9.59 Å². The van der Waals surface area contributed by atoms with Crippen LogP contribution in [0.2, 0.25) is 0 Å². The van der Waals surface area contributed by atoms with E-state index in [1.54, 1.807) is 4.90 Å². The second-order valence-electron chi connectivity index (χ2n) is 5.65. The van der Waals surface area contributed by atoms with E-state index < -0.39 is 6.04 Å². The van der Waals surface area contributed by atoms with Crippen molar-refractivity contribution in [3.05, 3.63) is 0 Å². The molecule has 2 amide bonds. The van der Waals surface area contributed by atoms with Gasteiger partial charge in [0.25, 0.3) is 0 Å². The highest BCUT2D eigenvalue weighted by molar-refractivity contribution is 5.87. The van der Waals surface area contributed by atoms with Gasteiger partial charge in [0.2, 0.25) is 11.8 Å². The Labute approximate surface area is 103 Å². The molecule has 5 nitrogen and oxygen atoms in total. The topological polar surface area (TPSA) is 75.4 Å². The van der Waals surface area contributed by atoms with Crippen LogP contribution in [0.3, 0.4) is 0 Å². The Bertz CT molecular complexity index is 291. The molecule has 1 aliphatic rings. The molecule has 1 rings (SSSR count). The summed E-state index contributed by atoms with van der Waals surface area (Å²) in [5.41, 5.74) is 5.51. The second kappa shape index (κ2) is 5.49. The summed E-state index contributed by atoms with van der Waals surface area (Å²) in [6.45, 7) is 7.38. The van der Waals surface area contributed by atoms with Crippen molar-refractivity contribution in [3.63, 3.8) is 0 Å². The molecule has 1 heterocycles. The van der Waals surface area contributed by atoms with Crippen molar-refractivity contribution in [2.75, 3.05) is 19.6 Å². The molecule has 0 bridgehead atoms. The fourth-order valence-corrected chi connectivity index (χ4v) is 1.74. The number of nitrogens with zero attached hydrogens (tertiary/aromatic N) is 1. The first-order valence-electron chi connectivity index (χ1n) is 6.13. The third-order valence-electron chi connectivity index (χ3n) is 3.09. The second-order valence-corrected chi connectivity index (χ2v) is 5.65. The summed E-state index contributed by atoms with van der Waals surface area (Å²) in [7, 11) is 0. The number of nitrogens with one attached hydrogen (secondary N) is 1. The molecule has 1 aliphatic heterocycles. The number of carbonyl (C=O) groups is 2. The summed E-state index contributed by atoms with van der Waals surface area (Å²) >= 11 is 0. The normalized spacial score (nSPS) is 18.0. The van der Waals surface area contributed by atoms with Gasteiger partial charge in [-0.2, -0.15) is 0 Å². The average molecular weight is 241 g/mol. The maximum atomic E-state index is 11.7. The molecule has 0 aromatic carbocycles. The maximum absolute atomic E-state index is 11.7. The highest BCUT2D eigenvalue weighted by Gasteiger charge is 2.28. The summed E-state index contributed by atoms with van der Waals surface area (Å²) < 4.78 is 0. The van der Waals surface area contributed by atoms with Crippen molar-refractivity contribution < 1.29 is 9.59 Å². The van der Waals surface area contributed by atoms with E-state index in [1.165, 1.54) is 0 Å². The lowest BCUT2D eigenvalue weighted by atomic mass is 9.87. The Morgan fingerprint density at radius 3 is 2.29 bits per heavy atom. The van der Waals surface area contributed by atoms with Crippen molar-refractivity contribution in [1.29, 1.82) is 0 Å². The van der Waals surface area contributed by atoms with Crippen LogP contribution in [0.15, 0.2) is 0 Å².